The number of amides is 1. The van der Waals surface area contributed by atoms with Crippen molar-refractivity contribution in [1.82, 2.24) is 5.32 Å². The number of rotatable bonds is 5. The topological polar surface area (TPSA) is 98.5 Å². The zero-order valence-corrected chi connectivity index (χ0v) is 12.2. The van der Waals surface area contributed by atoms with Crippen LogP contribution in [0.2, 0.25) is 5.02 Å². The highest BCUT2D eigenvalue weighted by atomic mass is 35.5. The summed E-state index contributed by atoms with van der Waals surface area (Å²) in [6, 6.07) is 3.91. The fourth-order valence-corrected chi connectivity index (χ4v) is 2.25. The molecule has 0 aliphatic carbocycles. The summed E-state index contributed by atoms with van der Waals surface area (Å²) >= 11 is 5.71. The molecule has 1 atom stereocenters. The molecule has 0 radical (unpaired) electrons. The predicted octanol–water partition coefficient (Wildman–Crippen LogP) is 0.504. The van der Waals surface area contributed by atoms with Gasteiger partial charge in [0.05, 0.1) is 6.54 Å². The Labute approximate surface area is 122 Å². The maximum Gasteiger partial charge on any atom is 0.261 e. The van der Waals surface area contributed by atoms with Gasteiger partial charge in [0.25, 0.3) is 5.91 Å². The Bertz CT molecular complexity index is 652. The number of terminal acetylenes is 1. The number of primary sulfonamides is 1. The van der Waals surface area contributed by atoms with Crippen molar-refractivity contribution in [3.63, 3.8) is 0 Å². The zero-order chi connectivity index (χ0) is 15.3. The number of halogens is 1. The molecule has 108 valence electrons. The van der Waals surface area contributed by atoms with E-state index < -0.39 is 22.0 Å². The second-order valence-corrected chi connectivity index (χ2v) is 5.78. The van der Waals surface area contributed by atoms with Crippen LogP contribution in [0.25, 0.3) is 0 Å². The normalized spacial score (nSPS) is 12.3. The van der Waals surface area contributed by atoms with Gasteiger partial charge in [0.2, 0.25) is 10.0 Å². The number of ether oxygens (including phenoxy) is 1. The standard InChI is InChI=1S/C12H13ClN2O4S/c1-3-6-15-12(16)8(2)19-10-5-4-9(13)7-11(10)20(14,17)18/h1,4-5,7-8H,6H2,2H3,(H,15,16)(H2,14,17,18). The molecule has 1 aromatic carbocycles. The molecule has 1 amide bonds. The molecule has 1 unspecified atom stereocenters. The van der Waals surface area contributed by atoms with Gasteiger partial charge < -0.3 is 10.1 Å². The fraction of sp³-hybridized carbons (Fsp3) is 0.250. The molecule has 0 saturated carbocycles. The van der Waals surface area contributed by atoms with Crippen LogP contribution in [0, 0.1) is 12.3 Å². The van der Waals surface area contributed by atoms with Crippen LogP contribution in [0.4, 0.5) is 0 Å². The zero-order valence-electron chi connectivity index (χ0n) is 10.6. The lowest BCUT2D eigenvalue weighted by atomic mass is 10.3. The van der Waals surface area contributed by atoms with E-state index in [1.165, 1.54) is 19.1 Å². The lowest BCUT2D eigenvalue weighted by molar-refractivity contribution is -0.127. The Morgan fingerprint density at radius 1 is 1.60 bits per heavy atom. The number of sulfonamides is 1. The summed E-state index contributed by atoms with van der Waals surface area (Å²) in [5, 5.41) is 7.67. The minimum Gasteiger partial charge on any atom is -0.479 e. The van der Waals surface area contributed by atoms with E-state index in [1.807, 2.05) is 0 Å². The second kappa shape index (κ2) is 6.61. The molecule has 0 aliphatic rings. The van der Waals surface area contributed by atoms with Crippen LogP contribution in [-0.2, 0) is 14.8 Å². The number of hydrogen-bond acceptors (Lipinski definition) is 4. The molecule has 0 aliphatic heterocycles. The molecule has 1 aromatic rings. The van der Waals surface area contributed by atoms with Crippen LogP contribution in [0.3, 0.4) is 0 Å². The number of nitrogens with two attached hydrogens (primary N) is 1. The summed E-state index contributed by atoms with van der Waals surface area (Å²) in [4.78, 5) is 11.3. The van der Waals surface area contributed by atoms with Crippen LogP contribution in [-0.4, -0.2) is 27.0 Å². The molecule has 0 spiro atoms. The largest absolute Gasteiger partial charge is 0.479 e. The molecule has 0 saturated heterocycles. The first-order valence-corrected chi connectivity index (χ1v) is 7.38. The van der Waals surface area contributed by atoms with Crippen molar-refractivity contribution >= 4 is 27.5 Å². The third kappa shape index (κ3) is 4.42. The molecule has 0 fully saturated rings. The van der Waals surface area contributed by atoms with Gasteiger partial charge in [0.15, 0.2) is 6.10 Å². The van der Waals surface area contributed by atoms with Crippen molar-refractivity contribution < 1.29 is 17.9 Å². The summed E-state index contributed by atoms with van der Waals surface area (Å²) in [7, 11) is -4.02. The van der Waals surface area contributed by atoms with Gasteiger partial charge >= 0.3 is 0 Å². The Morgan fingerprint density at radius 3 is 2.80 bits per heavy atom. The molecular formula is C12H13ClN2O4S. The summed E-state index contributed by atoms with van der Waals surface area (Å²) < 4.78 is 28.2. The molecule has 1 rings (SSSR count). The van der Waals surface area contributed by atoms with E-state index in [-0.39, 0.29) is 22.2 Å². The Balaban J connectivity index is 2.99. The maximum absolute atomic E-state index is 11.6. The van der Waals surface area contributed by atoms with E-state index in [1.54, 1.807) is 0 Å². The van der Waals surface area contributed by atoms with Gasteiger partial charge in [-0.1, -0.05) is 17.5 Å². The summed E-state index contributed by atoms with van der Waals surface area (Å²) in [6.07, 6.45) is 4.07. The molecule has 0 bridgehead atoms. The first-order chi connectivity index (χ1) is 9.25. The predicted molar refractivity (Wildman–Crippen MR) is 74.8 cm³/mol. The summed E-state index contributed by atoms with van der Waals surface area (Å²) in [5.41, 5.74) is 0. The lowest BCUT2D eigenvalue weighted by Crippen LogP contribution is -2.36. The van der Waals surface area contributed by atoms with Gasteiger partial charge in [0, 0.05) is 5.02 Å². The van der Waals surface area contributed by atoms with E-state index in [0.29, 0.717) is 0 Å². The van der Waals surface area contributed by atoms with Crippen LogP contribution in [0.15, 0.2) is 23.1 Å². The van der Waals surface area contributed by atoms with Crippen LogP contribution >= 0.6 is 11.6 Å². The third-order valence-electron chi connectivity index (χ3n) is 2.25. The van der Waals surface area contributed by atoms with E-state index in [0.717, 1.165) is 6.07 Å². The molecule has 3 N–H and O–H groups in total. The molecule has 6 nitrogen and oxygen atoms in total. The fourth-order valence-electron chi connectivity index (χ4n) is 1.33. The van der Waals surface area contributed by atoms with Gasteiger partial charge in [0.1, 0.15) is 10.6 Å². The van der Waals surface area contributed by atoms with Crippen LogP contribution in [0.1, 0.15) is 6.92 Å². The van der Waals surface area contributed by atoms with Gasteiger partial charge in [-0.05, 0) is 25.1 Å². The first kappa shape index (κ1) is 16.3. The van der Waals surface area contributed by atoms with E-state index in [4.69, 9.17) is 27.9 Å². The van der Waals surface area contributed by atoms with Crippen molar-refractivity contribution in [2.24, 2.45) is 5.14 Å². The van der Waals surface area contributed by atoms with Gasteiger partial charge in [-0.25, -0.2) is 13.6 Å². The average Bonchev–Trinajstić information content (AvgIpc) is 2.36. The average molecular weight is 317 g/mol. The van der Waals surface area contributed by atoms with Gasteiger partial charge in [-0.15, -0.1) is 6.42 Å². The molecule has 20 heavy (non-hydrogen) atoms. The minimum absolute atomic E-state index is 0.0508. The third-order valence-corrected chi connectivity index (χ3v) is 3.42. The lowest BCUT2D eigenvalue weighted by Gasteiger charge is -2.16. The van der Waals surface area contributed by atoms with E-state index >= 15 is 0 Å². The number of benzene rings is 1. The second-order valence-electron chi connectivity index (χ2n) is 3.82. The number of carbonyl (C=O) groups is 1. The van der Waals surface area contributed by atoms with Crippen LogP contribution in [0.5, 0.6) is 5.75 Å². The van der Waals surface area contributed by atoms with Crippen molar-refractivity contribution in [3.05, 3.63) is 23.2 Å². The summed E-state index contributed by atoms with van der Waals surface area (Å²) in [5.74, 6) is 1.71. The van der Waals surface area contributed by atoms with E-state index in [2.05, 4.69) is 11.2 Å². The maximum atomic E-state index is 11.6. The number of carbonyl (C=O) groups excluding carboxylic acids is 1. The molecular weight excluding hydrogens is 304 g/mol. The quantitative estimate of drug-likeness (QED) is 0.773. The minimum atomic E-state index is -4.02. The molecule has 0 heterocycles. The molecule has 0 aromatic heterocycles. The monoisotopic (exact) mass is 316 g/mol. The smallest absolute Gasteiger partial charge is 0.261 e. The Hall–Kier alpha value is -1.75. The van der Waals surface area contributed by atoms with Crippen molar-refractivity contribution in [1.29, 1.82) is 0 Å². The van der Waals surface area contributed by atoms with Crippen molar-refractivity contribution in [2.75, 3.05) is 6.54 Å². The van der Waals surface area contributed by atoms with Crippen molar-refractivity contribution in [3.8, 4) is 18.1 Å². The van der Waals surface area contributed by atoms with Gasteiger partial charge in [-0.2, -0.15) is 0 Å². The molecule has 8 heteroatoms. The highest BCUT2D eigenvalue weighted by Gasteiger charge is 2.20. The highest BCUT2D eigenvalue weighted by Crippen LogP contribution is 2.27. The van der Waals surface area contributed by atoms with Crippen LogP contribution < -0.4 is 15.2 Å². The Kier molecular flexibility index (Phi) is 5.39. The van der Waals surface area contributed by atoms with Gasteiger partial charge in [-0.3, -0.25) is 4.79 Å². The number of hydrogen-bond donors (Lipinski definition) is 2. The van der Waals surface area contributed by atoms with Crippen molar-refractivity contribution in [2.45, 2.75) is 17.9 Å². The summed E-state index contributed by atoms with van der Waals surface area (Å²) in [6.45, 7) is 1.50. The highest BCUT2D eigenvalue weighted by molar-refractivity contribution is 7.89. The first-order valence-electron chi connectivity index (χ1n) is 5.46. The SMILES string of the molecule is C#CCNC(=O)C(C)Oc1ccc(Cl)cc1S(N)(=O)=O. The van der Waals surface area contributed by atoms with E-state index in [9.17, 15) is 13.2 Å². The number of nitrogens with one attached hydrogen (secondary N) is 1. The Morgan fingerprint density at radius 2 is 2.25 bits per heavy atom.